The van der Waals surface area contributed by atoms with Crippen LogP contribution in [-0.4, -0.2) is 71.4 Å². The van der Waals surface area contributed by atoms with Crippen molar-refractivity contribution in [2.75, 3.05) is 25.0 Å². The molecule has 260 valence electrons. The van der Waals surface area contributed by atoms with E-state index in [2.05, 4.69) is 30.2 Å². The number of amides is 1. The predicted octanol–water partition coefficient (Wildman–Crippen LogP) is 6.18. The van der Waals surface area contributed by atoms with Gasteiger partial charge in [0.15, 0.2) is 0 Å². The molecule has 1 amide bonds. The highest BCUT2D eigenvalue weighted by molar-refractivity contribution is 7.89. The van der Waals surface area contributed by atoms with Gasteiger partial charge in [0.2, 0.25) is 21.9 Å². The van der Waals surface area contributed by atoms with E-state index in [9.17, 15) is 17.6 Å². The van der Waals surface area contributed by atoms with Gasteiger partial charge in [-0.2, -0.15) is 5.10 Å². The predicted molar refractivity (Wildman–Crippen MR) is 182 cm³/mol. The zero-order valence-corrected chi connectivity index (χ0v) is 28.2. The van der Waals surface area contributed by atoms with E-state index in [4.69, 9.17) is 9.47 Å². The second-order valence-electron chi connectivity index (χ2n) is 11.8. The largest absolute Gasteiger partial charge is 0.445 e. The van der Waals surface area contributed by atoms with E-state index < -0.39 is 39.0 Å². The van der Waals surface area contributed by atoms with Crippen molar-refractivity contribution < 1.29 is 31.5 Å². The molecular weight excluding hydrogens is 668 g/mol. The number of carbonyl (C=O) groups is 1. The first-order valence-corrected chi connectivity index (χ1v) is 17.5. The highest BCUT2D eigenvalue weighted by Gasteiger charge is 2.31. The van der Waals surface area contributed by atoms with Crippen molar-refractivity contribution in [1.29, 1.82) is 0 Å². The molecule has 1 fully saturated rings. The number of likely N-dealkylation sites (tertiary alicyclic amines) is 1. The molecule has 0 unspecified atom stereocenters. The lowest BCUT2D eigenvalue weighted by molar-refractivity contribution is 0.0685. The summed E-state index contributed by atoms with van der Waals surface area (Å²) in [5.74, 6) is -0.381. The quantitative estimate of drug-likeness (QED) is 0.164. The molecule has 3 heterocycles. The lowest BCUT2D eigenvalue weighted by atomic mass is 10.0. The van der Waals surface area contributed by atoms with E-state index >= 15 is 4.39 Å². The molecule has 15 heteroatoms. The van der Waals surface area contributed by atoms with E-state index in [-0.39, 0.29) is 55.6 Å². The van der Waals surface area contributed by atoms with Gasteiger partial charge in [-0.05, 0) is 48.7 Å². The number of anilines is 1. The van der Waals surface area contributed by atoms with Crippen molar-refractivity contribution in [3.8, 4) is 22.9 Å². The third kappa shape index (κ3) is 7.79. The number of aryl methyl sites for hydroxylation is 1. The Labute approximate surface area is 287 Å². The summed E-state index contributed by atoms with van der Waals surface area (Å²) < 4.78 is 70.1. The maximum absolute atomic E-state index is 15.0. The van der Waals surface area contributed by atoms with Gasteiger partial charge >= 0.3 is 6.09 Å². The first-order valence-electron chi connectivity index (χ1n) is 16.0. The number of nitrogens with zero attached hydrogens (tertiary/aromatic N) is 5. The van der Waals surface area contributed by atoms with Crippen LogP contribution in [0.4, 0.5) is 19.5 Å². The Bertz CT molecular complexity index is 2110. The summed E-state index contributed by atoms with van der Waals surface area (Å²) in [6.07, 6.45) is 1.75. The maximum atomic E-state index is 15.0. The van der Waals surface area contributed by atoms with Gasteiger partial charge in [-0.15, -0.1) is 5.10 Å². The molecule has 0 bridgehead atoms. The molecule has 2 N–H and O–H groups in total. The van der Waals surface area contributed by atoms with Crippen molar-refractivity contribution in [3.63, 3.8) is 0 Å². The molecule has 0 radical (unpaired) electrons. The van der Waals surface area contributed by atoms with Gasteiger partial charge in [0.25, 0.3) is 0 Å². The number of halogens is 2. The Morgan fingerprint density at radius 2 is 1.82 bits per heavy atom. The van der Waals surface area contributed by atoms with Crippen LogP contribution in [0.2, 0.25) is 0 Å². The minimum atomic E-state index is -4.16. The average molecular weight is 704 g/mol. The average Bonchev–Trinajstić information content (AvgIpc) is 3.11. The topological polar surface area (TPSA) is 149 Å². The van der Waals surface area contributed by atoms with Crippen LogP contribution < -0.4 is 14.8 Å². The number of aromatic nitrogens is 4. The number of hydrogen-bond donors (Lipinski definition) is 2. The number of fused-ring (bicyclic) bond motifs is 1. The SMILES string of the molecule is CCCNS(=O)(=O)c1c(F)ccc2c(Oc3nnccc3-c3ccnc(N[C@H]4C[C@H](F)CN(C(=O)OCc5ccccc5)C4)n3)c(C)ccc12. The van der Waals surface area contributed by atoms with Gasteiger partial charge in [0, 0.05) is 42.5 Å². The van der Waals surface area contributed by atoms with Crippen LogP contribution >= 0.6 is 0 Å². The monoisotopic (exact) mass is 703 g/mol. The van der Waals surface area contributed by atoms with Gasteiger partial charge in [-0.1, -0.05) is 49.4 Å². The van der Waals surface area contributed by atoms with Gasteiger partial charge < -0.3 is 19.7 Å². The zero-order chi connectivity index (χ0) is 35.3. The molecule has 50 heavy (non-hydrogen) atoms. The molecule has 0 spiro atoms. The lowest BCUT2D eigenvalue weighted by Gasteiger charge is -2.34. The summed E-state index contributed by atoms with van der Waals surface area (Å²) in [6.45, 7) is 3.90. The van der Waals surface area contributed by atoms with Gasteiger partial charge in [0.1, 0.15) is 29.2 Å². The van der Waals surface area contributed by atoms with Crippen LogP contribution in [-0.2, 0) is 21.4 Å². The third-order valence-electron chi connectivity index (χ3n) is 8.07. The summed E-state index contributed by atoms with van der Waals surface area (Å²) >= 11 is 0. The normalized spacial score (nSPS) is 16.3. The number of sulfonamides is 1. The number of ether oxygens (including phenoxy) is 2. The summed E-state index contributed by atoms with van der Waals surface area (Å²) in [5.41, 5.74) is 2.29. The van der Waals surface area contributed by atoms with Crippen molar-refractivity contribution in [3.05, 3.63) is 96.1 Å². The Kier molecular flexibility index (Phi) is 10.4. The van der Waals surface area contributed by atoms with Gasteiger partial charge in [0.05, 0.1) is 24.0 Å². The van der Waals surface area contributed by atoms with E-state index in [1.807, 2.05) is 37.3 Å². The molecule has 1 saturated heterocycles. The number of alkyl halides is 1. The fourth-order valence-corrected chi connectivity index (χ4v) is 7.11. The van der Waals surface area contributed by atoms with Gasteiger partial charge in [-0.3, -0.25) is 0 Å². The number of carbonyl (C=O) groups excluding carboxylic acids is 1. The molecule has 1 aliphatic rings. The van der Waals surface area contributed by atoms with E-state index in [1.165, 1.54) is 23.4 Å². The second kappa shape index (κ2) is 15.1. The Morgan fingerprint density at radius 3 is 2.62 bits per heavy atom. The molecule has 6 rings (SSSR count). The number of rotatable bonds is 11. The highest BCUT2D eigenvalue weighted by atomic mass is 32.2. The van der Waals surface area contributed by atoms with Crippen LogP contribution in [0.25, 0.3) is 22.0 Å². The Hall–Kier alpha value is -5.28. The molecule has 12 nitrogen and oxygen atoms in total. The van der Waals surface area contributed by atoms with Crippen LogP contribution in [0.1, 0.15) is 30.9 Å². The zero-order valence-electron chi connectivity index (χ0n) is 27.3. The molecule has 3 aromatic carbocycles. The summed E-state index contributed by atoms with van der Waals surface area (Å²) in [7, 11) is -4.16. The number of benzene rings is 3. The van der Waals surface area contributed by atoms with Gasteiger partial charge in [-0.25, -0.2) is 36.7 Å². The number of nitrogens with one attached hydrogen (secondary N) is 2. The van der Waals surface area contributed by atoms with Crippen molar-refractivity contribution in [1.82, 2.24) is 29.8 Å². The van der Waals surface area contributed by atoms with Crippen molar-refractivity contribution >= 4 is 32.8 Å². The molecule has 2 atom stereocenters. The standard InChI is InChI=1S/C35H35F2N7O5S/c1-3-15-40-50(46,47)32-27-10-9-22(2)31(26(27)11-12-29(32)37)49-33-28(13-17-39-43-33)30-14-16-38-34(42-30)41-25-18-24(36)19-44(20-25)35(45)48-21-23-7-5-4-6-8-23/h4-14,16-17,24-25,40H,3,15,18-21H2,1-2H3,(H,38,41,42)/t24-,25-/m0/s1. The van der Waals surface area contributed by atoms with Crippen LogP contribution in [0.15, 0.2) is 84.0 Å². The highest BCUT2D eigenvalue weighted by Crippen LogP contribution is 2.39. The number of hydrogen-bond acceptors (Lipinski definition) is 10. The molecule has 5 aromatic rings. The van der Waals surface area contributed by atoms with E-state index in [0.29, 0.717) is 28.6 Å². The second-order valence-corrected chi connectivity index (χ2v) is 13.5. The van der Waals surface area contributed by atoms with E-state index in [1.54, 1.807) is 31.2 Å². The van der Waals surface area contributed by atoms with Crippen molar-refractivity contribution in [2.24, 2.45) is 0 Å². The first kappa shape index (κ1) is 34.6. The number of piperidine rings is 1. The summed E-state index contributed by atoms with van der Waals surface area (Å²) in [4.78, 5) is 22.6. The Balaban J connectivity index is 1.23. The fraction of sp³-hybridized carbons (Fsp3) is 0.286. The minimum absolute atomic E-state index is 0.0550. The molecular formula is C35H35F2N7O5S. The third-order valence-corrected chi connectivity index (χ3v) is 9.61. The molecule has 0 aliphatic carbocycles. The summed E-state index contributed by atoms with van der Waals surface area (Å²) in [5, 5.41) is 11.8. The smallest absolute Gasteiger partial charge is 0.410 e. The Morgan fingerprint density at radius 1 is 1.02 bits per heavy atom. The minimum Gasteiger partial charge on any atom is -0.445 e. The molecule has 2 aromatic heterocycles. The summed E-state index contributed by atoms with van der Waals surface area (Å²) in [6, 6.07) is 17.7. The molecule has 1 aliphatic heterocycles. The van der Waals surface area contributed by atoms with Crippen LogP contribution in [0, 0.1) is 12.7 Å². The fourth-order valence-electron chi connectivity index (χ4n) is 5.70. The van der Waals surface area contributed by atoms with Crippen molar-refractivity contribution in [2.45, 2.75) is 50.4 Å². The lowest BCUT2D eigenvalue weighted by Crippen LogP contribution is -2.50. The van der Waals surface area contributed by atoms with Crippen LogP contribution in [0.5, 0.6) is 11.6 Å². The first-order chi connectivity index (χ1) is 24.1. The molecule has 0 saturated carbocycles. The maximum Gasteiger partial charge on any atom is 0.410 e. The van der Waals surface area contributed by atoms with Crippen LogP contribution in [0.3, 0.4) is 0 Å². The van der Waals surface area contributed by atoms with E-state index in [0.717, 1.165) is 11.6 Å².